The van der Waals surface area contributed by atoms with Crippen LogP contribution in [0.25, 0.3) is 0 Å². The molecular weight excluding hydrogens is 573 g/mol. The van der Waals surface area contributed by atoms with Crippen LogP contribution in [0, 0.1) is 6.92 Å². The van der Waals surface area contributed by atoms with E-state index in [0.717, 1.165) is 15.4 Å². The number of sulfonamides is 1. The first-order chi connectivity index (χ1) is 18.8. The van der Waals surface area contributed by atoms with Crippen molar-refractivity contribution >= 4 is 50.7 Å². The third-order valence-electron chi connectivity index (χ3n) is 6.19. The SMILES string of the molecule is COc1ccc(CN(C(=O)CN(c2ccc(Cl)c(Cl)c2)S(=O)(=O)c2ccc(C)cc2)C(C)C(=O)NC(C)C)cc1. The van der Waals surface area contributed by atoms with Crippen LogP contribution >= 0.6 is 23.2 Å². The Morgan fingerprint density at radius 1 is 0.925 bits per heavy atom. The van der Waals surface area contributed by atoms with Crippen molar-refractivity contribution in [1.82, 2.24) is 10.2 Å². The van der Waals surface area contributed by atoms with Crippen molar-refractivity contribution in [1.29, 1.82) is 0 Å². The van der Waals surface area contributed by atoms with Gasteiger partial charge in [-0.3, -0.25) is 13.9 Å². The van der Waals surface area contributed by atoms with Gasteiger partial charge in [-0.2, -0.15) is 0 Å². The molecule has 8 nitrogen and oxygen atoms in total. The zero-order chi connectivity index (χ0) is 29.6. The maximum Gasteiger partial charge on any atom is 0.264 e. The van der Waals surface area contributed by atoms with Gasteiger partial charge in [-0.05, 0) is 75.7 Å². The van der Waals surface area contributed by atoms with Crippen LogP contribution in [0.1, 0.15) is 31.9 Å². The second-order valence-electron chi connectivity index (χ2n) is 9.63. The minimum absolute atomic E-state index is 0.00396. The van der Waals surface area contributed by atoms with Gasteiger partial charge < -0.3 is 15.0 Å². The zero-order valence-electron chi connectivity index (χ0n) is 23.0. The number of methoxy groups -OCH3 is 1. The Balaban J connectivity index is 2.05. The summed E-state index contributed by atoms with van der Waals surface area (Å²) in [5.74, 6) is -0.300. The van der Waals surface area contributed by atoms with Crippen LogP contribution in [-0.4, -0.2) is 50.9 Å². The van der Waals surface area contributed by atoms with E-state index in [9.17, 15) is 18.0 Å². The Morgan fingerprint density at radius 2 is 1.55 bits per heavy atom. The van der Waals surface area contributed by atoms with E-state index in [2.05, 4.69) is 5.32 Å². The van der Waals surface area contributed by atoms with Crippen LogP contribution in [0.15, 0.2) is 71.6 Å². The van der Waals surface area contributed by atoms with Crippen molar-refractivity contribution < 1.29 is 22.7 Å². The molecular formula is C29H33Cl2N3O5S. The number of hydrogen-bond donors (Lipinski definition) is 1. The minimum atomic E-state index is -4.21. The molecule has 0 saturated heterocycles. The summed E-state index contributed by atoms with van der Waals surface area (Å²) in [6.45, 7) is 6.58. The molecule has 0 aliphatic heterocycles. The fourth-order valence-corrected chi connectivity index (χ4v) is 5.62. The topological polar surface area (TPSA) is 96.0 Å². The van der Waals surface area contributed by atoms with Crippen molar-refractivity contribution in [3.05, 3.63) is 87.9 Å². The van der Waals surface area contributed by atoms with Crippen molar-refractivity contribution in [2.75, 3.05) is 18.0 Å². The standard InChI is InChI=1S/C29H33Cl2N3O5S/c1-19(2)32-29(36)21(4)33(17-22-8-11-24(39-5)12-9-22)28(35)18-34(23-10-15-26(30)27(31)16-23)40(37,38)25-13-6-20(3)7-14-25/h6-16,19,21H,17-18H2,1-5H3,(H,32,36). The molecule has 1 unspecified atom stereocenters. The molecule has 3 aromatic rings. The monoisotopic (exact) mass is 605 g/mol. The van der Waals surface area contributed by atoms with E-state index in [1.807, 2.05) is 20.8 Å². The van der Waals surface area contributed by atoms with E-state index in [0.29, 0.717) is 5.75 Å². The highest BCUT2D eigenvalue weighted by atomic mass is 35.5. The first-order valence-corrected chi connectivity index (χ1v) is 14.8. The fourth-order valence-electron chi connectivity index (χ4n) is 3.92. The van der Waals surface area contributed by atoms with E-state index >= 15 is 0 Å². The highest BCUT2D eigenvalue weighted by Gasteiger charge is 2.33. The Kier molecular flexibility index (Phi) is 10.5. The van der Waals surface area contributed by atoms with Gasteiger partial charge in [0.15, 0.2) is 0 Å². The quantitative estimate of drug-likeness (QED) is 0.313. The predicted molar refractivity (Wildman–Crippen MR) is 158 cm³/mol. The van der Waals surface area contributed by atoms with E-state index in [4.69, 9.17) is 27.9 Å². The van der Waals surface area contributed by atoms with Gasteiger partial charge in [-0.25, -0.2) is 8.42 Å². The molecule has 0 heterocycles. The third-order valence-corrected chi connectivity index (χ3v) is 8.72. The predicted octanol–water partition coefficient (Wildman–Crippen LogP) is 5.45. The number of carbonyl (C=O) groups is 2. The number of halogens is 2. The largest absolute Gasteiger partial charge is 0.497 e. The van der Waals surface area contributed by atoms with Gasteiger partial charge in [0.25, 0.3) is 10.0 Å². The lowest BCUT2D eigenvalue weighted by atomic mass is 10.1. The molecule has 0 aliphatic carbocycles. The summed E-state index contributed by atoms with van der Waals surface area (Å²) in [5.41, 5.74) is 1.78. The molecule has 0 fully saturated rings. The molecule has 3 aromatic carbocycles. The smallest absolute Gasteiger partial charge is 0.264 e. The number of anilines is 1. The van der Waals surface area contributed by atoms with Gasteiger partial charge in [0.05, 0.1) is 27.7 Å². The summed E-state index contributed by atoms with van der Waals surface area (Å²) in [4.78, 5) is 28.3. The van der Waals surface area contributed by atoms with Crippen molar-refractivity contribution in [3.8, 4) is 5.75 Å². The third kappa shape index (κ3) is 7.68. The van der Waals surface area contributed by atoms with Crippen molar-refractivity contribution in [3.63, 3.8) is 0 Å². The van der Waals surface area contributed by atoms with Crippen molar-refractivity contribution in [2.45, 2.75) is 51.2 Å². The fraction of sp³-hybridized carbons (Fsp3) is 0.310. The highest BCUT2D eigenvalue weighted by molar-refractivity contribution is 7.92. The number of nitrogens with zero attached hydrogens (tertiary/aromatic N) is 2. The molecule has 0 bridgehead atoms. The Morgan fingerprint density at radius 3 is 2.10 bits per heavy atom. The second kappa shape index (κ2) is 13.4. The second-order valence-corrected chi connectivity index (χ2v) is 12.3. The Hall–Kier alpha value is -3.27. The lowest BCUT2D eigenvalue weighted by Crippen LogP contribution is -2.52. The van der Waals surface area contributed by atoms with Crippen LogP contribution in [0.3, 0.4) is 0 Å². The molecule has 0 aromatic heterocycles. The van der Waals surface area contributed by atoms with E-state index in [1.165, 1.54) is 35.2 Å². The highest BCUT2D eigenvalue weighted by Crippen LogP contribution is 2.31. The number of carbonyl (C=O) groups excluding carboxylic acids is 2. The normalized spacial score (nSPS) is 12.1. The lowest BCUT2D eigenvalue weighted by Gasteiger charge is -2.32. The first kappa shape index (κ1) is 31.3. The summed E-state index contributed by atoms with van der Waals surface area (Å²) in [5, 5.41) is 3.20. The number of rotatable bonds is 11. The van der Waals surface area contributed by atoms with Gasteiger partial charge in [0.1, 0.15) is 18.3 Å². The molecule has 40 heavy (non-hydrogen) atoms. The van der Waals surface area contributed by atoms with Gasteiger partial charge in [-0.1, -0.05) is 53.0 Å². The number of aryl methyl sites for hydroxylation is 1. The summed E-state index contributed by atoms with van der Waals surface area (Å²) in [7, 11) is -2.66. The Bertz CT molecular complexity index is 1450. The summed E-state index contributed by atoms with van der Waals surface area (Å²) >= 11 is 12.3. The van der Waals surface area contributed by atoms with Crippen LogP contribution in [0.5, 0.6) is 5.75 Å². The number of ether oxygens (including phenoxy) is 1. The molecule has 3 rings (SSSR count). The van der Waals surface area contributed by atoms with Crippen LogP contribution in [0.4, 0.5) is 5.69 Å². The van der Waals surface area contributed by atoms with Crippen LogP contribution in [-0.2, 0) is 26.2 Å². The lowest BCUT2D eigenvalue weighted by molar-refractivity contribution is -0.139. The number of benzene rings is 3. The molecule has 0 saturated carbocycles. The molecule has 214 valence electrons. The molecule has 2 amide bonds. The molecule has 1 N–H and O–H groups in total. The van der Waals surface area contributed by atoms with E-state index in [1.54, 1.807) is 50.4 Å². The number of hydrogen-bond acceptors (Lipinski definition) is 5. The average Bonchev–Trinajstić information content (AvgIpc) is 2.91. The van der Waals surface area contributed by atoms with Gasteiger partial charge in [0, 0.05) is 12.6 Å². The maximum atomic E-state index is 13.9. The van der Waals surface area contributed by atoms with Crippen molar-refractivity contribution in [2.24, 2.45) is 0 Å². The number of nitrogens with one attached hydrogen (secondary N) is 1. The molecule has 1 atom stereocenters. The number of amides is 2. The van der Waals surface area contributed by atoms with Crippen LogP contribution in [0.2, 0.25) is 10.0 Å². The molecule has 0 radical (unpaired) electrons. The van der Waals surface area contributed by atoms with Gasteiger partial charge >= 0.3 is 0 Å². The van der Waals surface area contributed by atoms with Gasteiger partial charge in [-0.15, -0.1) is 0 Å². The summed E-state index contributed by atoms with van der Waals surface area (Å²) in [6.07, 6.45) is 0. The summed E-state index contributed by atoms with van der Waals surface area (Å²) < 4.78 is 33.9. The zero-order valence-corrected chi connectivity index (χ0v) is 25.3. The Labute approximate surface area is 245 Å². The average molecular weight is 607 g/mol. The van der Waals surface area contributed by atoms with E-state index < -0.39 is 28.5 Å². The molecule has 0 spiro atoms. The molecule has 11 heteroatoms. The van der Waals surface area contributed by atoms with Gasteiger partial charge in [0.2, 0.25) is 11.8 Å². The maximum absolute atomic E-state index is 13.9. The van der Waals surface area contributed by atoms with E-state index in [-0.39, 0.29) is 39.1 Å². The summed E-state index contributed by atoms with van der Waals surface area (Å²) in [6, 6.07) is 16.7. The minimum Gasteiger partial charge on any atom is -0.497 e. The first-order valence-electron chi connectivity index (χ1n) is 12.6. The molecule has 0 aliphatic rings. The van der Waals surface area contributed by atoms with Crippen LogP contribution < -0.4 is 14.4 Å².